The average molecular weight is 281 g/mol. The Bertz CT molecular complexity index is 342. The van der Waals surface area contributed by atoms with E-state index >= 15 is 0 Å². The molecule has 1 rings (SSSR count). The van der Waals surface area contributed by atoms with E-state index in [-0.39, 0.29) is 17.0 Å². The van der Waals surface area contributed by atoms with Crippen molar-refractivity contribution in [3.05, 3.63) is 12.2 Å². The lowest BCUT2D eigenvalue weighted by molar-refractivity contribution is -0.117. The molecule has 1 heterocycles. The molecule has 0 aromatic rings. The summed E-state index contributed by atoms with van der Waals surface area (Å²) in [4.78, 5) is 16.6. The van der Waals surface area contributed by atoms with Gasteiger partial charge in [0.15, 0.2) is 0 Å². The molecule has 0 radical (unpaired) electrons. The van der Waals surface area contributed by atoms with Gasteiger partial charge in [0, 0.05) is 49.9 Å². The van der Waals surface area contributed by atoms with Crippen LogP contribution in [0, 0.1) is 0 Å². The van der Waals surface area contributed by atoms with Gasteiger partial charge < -0.3 is 5.32 Å². The van der Waals surface area contributed by atoms with Crippen LogP contribution in [-0.2, 0) is 4.79 Å². The molecule has 0 spiro atoms. The van der Waals surface area contributed by atoms with Gasteiger partial charge in [-0.05, 0) is 41.5 Å². The van der Waals surface area contributed by atoms with Gasteiger partial charge in [0.05, 0.1) is 0 Å². The minimum absolute atomic E-state index is 0.00849. The second-order valence-electron chi connectivity index (χ2n) is 7.60. The first-order valence-electron chi connectivity index (χ1n) is 7.54. The number of rotatable bonds is 3. The molecule has 0 bridgehead atoms. The van der Waals surface area contributed by atoms with Crippen LogP contribution < -0.4 is 5.32 Å². The van der Waals surface area contributed by atoms with Crippen molar-refractivity contribution in [1.82, 2.24) is 15.1 Å². The van der Waals surface area contributed by atoms with E-state index in [2.05, 4.69) is 35.9 Å². The van der Waals surface area contributed by atoms with Crippen LogP contribution in [0.1, 0.15) is 41.5 Å². The van der Waals surface area contributed by atoms with Crippen LogP contribution in [0.25, 0.3) is 0 Å². The Kier molecular flexibility index (Phi) is 5.78. The van der Waals surface area contributed by atoms with Gasteiger partial charge in [0.2, 0.25) is 5.91 Å². The molecule has 0 aromatic heterocycles. The van der Waals surface area contributed by atoms with Crippen LogP contribution in [0.5, 0.6) is 0 Å². The highest BCUT2D eigenvalue weighted by atomic mass is 16.1. The fourth-order valence-corrected chi connectivity index (χ4v) is 2.32. The zero-order chi connectivity index (χ0) is 15.4. The lowest BCUT2D eigenvalue weighted by Crippen LogP contribution is -2.53. The number of nitrogens with zero attached hydrogens (tertiary/aromatic N) is 2. The molecular formula is C16H31N3O. The molecule has 0 unspecified atom stereocenters. The summed E-state index contributed by atoms with van der Waals surface area (Å²) < 4.78 is 0. The van der Waals surface area contributed by atoms with Crippen molar-refractivity contribution in [3.8, 4) is 0 Å². The number of nitrogens with one attached hydrogen (secondary N) is 1. The highest BCUT2D eigenvalue weighted by Gasteiger charge is 2.25. The molecule has 0 saturated carbocycles. The average Bonchev–Trinajstić information content (AvgIpc) is 2.26. The minimum Gasteiger partial charge on any atom is -0.348 e. The van der Waals surface area contributed by atoms with E-state index in [1.807, 2.05) is 26.8 Å². The maximum absolute atomic E-state index is 11.7. The van der Waals surface area contributed by atoms with Crippen LogP contribution >= 0.6 is 0 Å². The third kappa shape index (κ3) is 6.53. The molecular weight excluding hydrogens is 250 g/mol. The Labute approximate surface area is 124 Å². The Hall–Kier alpha value is -0.870. The van der Waals surface area contributed by atoms with Crippen molar-refractivity contribution in [2.75, 3.05) is 32.7 Å². The van der Waals surface area contributed by atoms with Crippen LogP contribution in [0.4, 0.5) is 0 Å². The van der Waals surface area contributed by atoms with Crippen molar-refractivity contribution in [2.45, 2.75) is 52.6 Å². The summed E-state index contributed by atoms with van der Waals surface area (Å²) in [6.07, 6.45) is 3.62. The largest absolute Gasteiger partial charge is 0.348 e. The molecule has 1 aliphatic rings. The molecule has 1 aliphatic heterocycles. The maximum atomic E-state index is 11.7. The van der Waals surface area contributed by atoms with E-state index in [1.54, 1.807) is 6.08 Å². The van der Waals surface area contributed by atoms with Gasteiger partial charge in [-0.1, -0.05) is 6.08 Å². The molecule has 20 heavy (non-hydrogen) atoms. The van der Waals surface area contributed by atoms with Crippen molar-refractivity contribution < 1.29 is 4.79 Å². The number of carbonyl (C=O) groups excluding carboxylic acids is 1. The van der Waals surface area contributed by atoms with Crippen LogP contribution in [-0.4, -0.2) is 59.5 Å². The van der Waals surface area contributed by atoms with Gasteiger partial charge >= 0.3 is 0 Å². The summed E-state index contributed by atoms with van der Waals surface area (Å²) in [5, 5.41) is 2.93. The zero-order valence-electron chi connectivity index (χ0n) is 14.0. The normalized spacial score (nSPS) is 19.5. The van der Waals surface area contributed by atoms with Gasteiger partial charge in [-0.2, -0.15) is 0 Å². The van der Waals surface area contributed by atoms with E-state index < -0.39 is 0 Å². The molecule has 1 N–H and O–H groups in total. The zero-order valence-corrected chi connectivity index (χ0v) is 14.0. The van der Waals surface area contributed by atoms with Gasteiger partial charge in [-0.3, -0.25) is 14.6 Å². The summed E-state index contributed by atoms with van der Waals surface area (Å²) in [5.41, 5.74) is 0.0915. The van der Waals surface area contributed by atoms with Crippen LogP contribution in [0.3, 0.4) is 0 Å². The molecule has 4 nitrogen and oxygen atoms in total. The highest BCUT2D eigenvalue weighted by molar-refractivity contribution is 5.87. The van der Waals surface area contributed by atoms with Gasteiger partial charge in [-0.25, -0.2) is 0 Å². The molecule has 1 saturated heterocycles. The third-order valence-electron chi connectivity index (χ3n) is 3.45. The predicted octanol–water partition coefficient (Wildman–Crippen LogP) is 1.87. The van der Waals surface area contributed by atoms with Crippen LogP contribution in [0.15, 0.2) is 12.2 Å². The fraction of sp³-hybridized carbons (Fsp3) is 0.812. The molecule has 0 atom stereocenters. The fourth-order valence-electron chi connectivity index (χ4n) is 2.32. The number of hydrogen-bond donors (Lipinski definition) is 1. The summed E-state index contributed by atoms with van der Waals surface area (Å²) in [5.74, 6) is -0.00849. The Morgan fingerprint density at radius 3 is 2.05 bits per heavy atom. The number of amides is 1. The van der Waals surface area contributed by atoms with Crippen molar-refractivity contribution >= 4 is 5.91 Å². The van der Waals surface area contributed by atoms with E-state index in [0.717, 1.165) is 32.7 Å². The van der Waals surface area contributed by atoms with Crippen molar-refractivity contribution in [1.29, 1.82) is 0 Å². The molecule has 0 aromatic carbocycles. The van der Waals surface area contributed by atoms with E-state index in [9.17, 15) is 4.79 Å². The van der Waals surface area contributed by atoms with E-state index in [4.69, 9.17) is 0 Å². The Morgan fingerprint density at radius 2 is 1.60 bits per heavy atom. The lowest BCUT2D eigenvalue weighted by atomic mass is 10.1. The summed E-state index contributed by atoms with van der Waals surface area (Å²) in [7, 11) is 0. The van der Waals surface area contributed by atoms with Crippen molar-refractivity contribution in [2.24, 2.45) is 0 Å². The third-order valence-corrected chi connectivity index (χ3v) is 3.45. The molecule has 4 heteroatoms. The van der Waals surface area contributed by atoms with Crippen molar-refractivity contribution in [3.63, 3.8) is 0 Å². The quantitative estimate of drug-likeness (QED) is 0.802. The second kappa shape index (κ2) is 6.72. The molecule has 116 valence electrons. The molecule has 1 amide bonds. The highest BCUT2D eigenvalue weighted by Crippen LogP contribution is 2.15. The first-order chi connectivity index (χ1) is 9.08. The van der Waals surface area contributed by atoms with Gasteiger partial charge in [0.25, 0.3) is 0 Å². The maximum Gasteiger partial charge on any atom is 0.244 e. The van der Waals surface area contributed by atoms with Crippen LogP contribution in [0.2, 0.25) is 0 Å². The Morgan fingerprint density at radius 1 is 1.05 bits per heavy atom. The molecule has 1 fully saturated rings. The SMILES string of the molecule is CC(C)(C)NC(=O)/C=C/CN1CCN(C(C)(C)C)CC1. The number of carbonyl (C=O) groups is 1. The number of hydrogen-bond acceptors (Lipinski definition) is 3. The van der Waals surface area contributed by atoms with Gasteiger partial charge in [0.1, 0.15) is 0 Å². The Balaban J connectivity index is 2.29. The summed E-state index contributed by atoms with van der Waals surface area (Å²) in [6, 6.07) is 0. The topological polar surface area (TPSA) is 35.6 Å². The number of piperazine rings is 1. The smallest absolute Gasteiger partial charge is 0.244 e. The summed E-state index contributed by atoms with van der Waals surface area (Å²) in [6.45, 7) is 18.0. The van der Waals surface area contributed by atoms with Gasteiger partial charge in [-0.15, -0.1) is 0 Å². The monoisotopic (exact) mass is 281 g/mol. The standard InChI is InChI=1S/C16H31N3O/c1-15(2,3)17-14(20)8-7-9-18-10-12-19(13-11-18)16(4,5)6/h7-8H,9-13H2,1-6H3,(H,17,20)/b8-7+. The lowest BCUT2D eigenvalue weighted by Gasteiger charge is -2.42. The second-order valence-corrected chi connectivity index (χ2v) is 7.60. The molecule has 0 aliphatic carbocycles. The first kappa shape index (κ1) is 17.2. The predicted molar refractivity (Wildman–Crippen MR) is 84.8 cm³/mol. The van der Waals surface area contributed by atoms with E-state index in [0.29, 0.717) is 0 Å². The van der Waals surface area contributed by atoms with E-state index in [1.165, 1.54) is 0 Å². The summed E-state index contributed by atoms with van der Waals surface area (Å²) >= 11 is 0. The minimum atomic E-state index is -0.167. The first-order valence-corrected chi connectivity index (χ1v) is 7.54.